The molecule has 0 bridgehead atoms. The smallest absolute Gasteiger partial charge is 0.122 e. The molecule has 17 heavy (non-hydrogen) atoms. The van der Waals surface area contributed by atoms with E-state index in [-0.39, 0.29) is 10.2 Å². The highest BCUT2D eigenvalue weighted by atomic mass is 32.2. The predicted molar refractivity (Wildman–Crippen MR) is 76.8 cm³/mol. The molecule has 0 spiro atoms. The number of nitrogens with one attached hydrogen (secondary N) is 1. The highest BCUT2D eigenvalue weighted by molar-refractivity contribution is 7.84. The molecule has 0 aliphatic rings. The zero-order valence-electron chi connectivity index (χ0n) is 9.97. The Kier molecular flexibility index (Phi) is 5.50. The van der Waals surface area contributed by atoms with Crippen molar-refractivity contribution in [2.24, 2.45) is 5.73 Å². The maximum absolute atomic E-state index is 11.2. The monoisotopic (exact) mass is 271 g/mol. The highest BCUT2D eigenvalue weighted by Gasteiger charge is 2.05. The SMILES string of the molecule is CC(CCNc1ccnc(C(N)=S)c1)S(C)=O. The normalized spacial score (nSPS) is 14.0. The Morgan fingerprint density at radius 3 is 3.00 bits per heavy atom. The summed E-state index contributed by atoms with van der Waals surface area (Å²) in [7, 11) is -0.773. The van der Waals surface area contributed by atoms with Gasteiger partial charge in [0.15, 0.2) is 0 Å². The van der Waals surface area contributed by atoms with Crippen molar-refractivity contribution in [1.29, 1.82) is 0 Å². The maximum atomic E-state index is 11.2. The molecule has 0 saturated heterocycles. The molecule has 1 heterocycles. The van der Waals surface area contributed by atoms with Crippen LogP contribution in [0.25, 0.3) is 0 Å². The van der Waals surface area contributed by atoms with Gasteiger partial charge in [0.2, 0.25) is 0 Å². The van der Waals surface area contributed by atoms with E-state index in [1.807, 2.05) is 19.1 Å². The first-order chi connectivity index (χ1) is 8.00. The third kappa shape index (κ3) is 4.79. The zero-order valence-corrected chi connectivity index (χ0v) is 11.6. The number of pyridine rings is 1. The van der Waals surface area contributed by atoms with E-state index in [9.17, 15) is 4.21 Å². The van der Waals surface area contributed by atoms with Crippen LogP contribution in [0.2, 0.25) is 0 Å². The van der Waals surface area contributed by atoms with Crippen LogP contribution in [0.15, 0.2) is 18.3 Å². The highest BCUT2D eigenvalue weighted by Crippen LogP contribution is 2.09. The van der Waals surface area contributed by atoms with E-state index in [2.05, 4.69) is 10.3 Å². The first-order valence-electron chi connectivity index (χ1n) is 5.32. The molecule has 0 fully saturated rings. The fourth-order valence-electron chi connectivity index (χ4n) is 1.26. The van der Waals surface area contributed by atoms with Crippen molar-refractivity contribution >= 4 is 33.7 Å². The number of anilines is 1. The summed E-state index contributed by atoms with van der Waals surface area (Å²) >= 11 is 4.86. The average Bonchev–Trinajstić information content (AvgIpc) is 2.29. The quantitative estimate of drug-likeness (QED) is 0.763. The van der Waals surface area contributed by atoms with Crippen molar-refractivity contribution in [2.75, 3.05) is 18.1 Å². The molecule has 0 aromatic carbocycles. The fraction of sp³-hybridized carbons (Fsp3) is 0.455. The molecule has 1 aromatic rings. The van der Waals surface area contributed by atoms with E-state index in [0.717, 1.165) is 18.7 Å². The Hall–Kier alpha value is -1.01. The Balaban J connectivity index is 2.49. The molecule has 1 rings (SSSR count). The van der Waals surface area contributed by atoms with Gasteiger partial charge in [-0.2, -0.15) is 0 Å². The number of aromatic nitrogens is 1. The summed E-state index contributed by atoms with van der Waals surface area (Å²) in [6.07, 6.45) is 4.24. The molecule has 4 nitrogen and oxygen atoms in total. The Bertz CT molecular complexity index is 423. The topological polar surface area (TPSA) is 68.0 Å². The van der Waals surface area contributed by atoms with Gasteiger partial charge in [-0.05, 0) is 18.6 Å². The molecule has 0 saturated carbocycles. The first-order valence-corrected chi connectivity index (χ1v) is 7.35. The van der Waals surface area contributed by atoms with Crippen molar-refractivity contribution in [3.05, 3.63) is 24.0 Å². The van der Waals surface area contributed by atoms with E-state index in [4.69, 9.17) is 18.0 Å². The van der Waals surface area contributed by atoms with Crippen LogP contribution in [0.1, 0.15) is 19.0 Å². The van der Waals surface area contributed by atoms with E-state index in [1.165, 1.54) is 0 Å². The lowest BCUT2D eigenvalue weighted by atomic mass is 10.3. The average molecular weight is 271 g/mol. The third-order valence-electron chi connectivity index (χ3n) is 2.46. The van der Waals surface area contributed by atoms with Gasteiger partial charge in [0.1, 0.15) is 4.99 Å². The molecule has 2 unspecified atom stereocenters. The van der Waals surface area contributed by atoms with Gasteiger partial charge in [-0.25, -0.2) is 0 Å². The summed E-state index contributed by atoms with van der Waals surface area (Å²) in [6, 6.07) is 3.67. The minimum atomic E-state index is -0.773. The molecular formula is C11H17N3OS2. The Morgan fingerprint density at radius 2 is 2.41 bits per heavy atom. The summed E-state index contributed by atoms with van der Waals surface area (Å²) < 4.78 is 11.2. The standard InChI is InChI=1S/C11H17N3OS2/c1-8(17(2)15)3-5-13-9-4-6-14-10(7-9)11(12)16/h4,6-8H,3,5H2,1-2H3,(H2,12,16)(H,13,14). The number of nitrogens with two attached hydrogens (primary N) is 1. The summed E-state index contributed by atoms with van der Waals surface area (Å²) in [5, 5.41) is 3.43. The van der Waals surface area contributed by atoms with Crippen LogP contribution in [-0.2, 0) is 10.8 Å². The number of rotatable bonds is 6. The fourth-order valence-corrected chi connectivity index (χ4v) is 1.82. The number of hydrogen-bond acceptors (Lipinski definition) is 4. The van der Waals surface area contributed by atoms with Gasteiger partial charge in [-0.15, -0.1) is 0 Å². The predicted octanol–water partition coefficient (Wildman–Crippen LogP) is 1.28. The van der Waals surface area contributed by atoms with Crippen LogP contribution < -0.4 is 11.1 Å². The molecule has 1 aromatic heterocycles. The lowest BCUT2D eigenvalue weighted by molar-refractivity contribution is 0.672. The van der Waals surface area contributed by atoms with Gasteiger partial charge in [-0.1, -0.05) is 19.1 Å². The van der Waals surface area contributed by atoms with E-state index in [1.54, 1.807) is 12.5 Å². The lowest BCUT2D eigenvalue weighted by Gasteiger charge is -2.10. The number of hydrogen-bond donors (Lipinski definition) is 2. The van der Waals surface area contributed by atoms with Crippen LogP contribution in [0.4, 0.5) is 5.69 Å². The van der Waals surface area contributed by atoms with Gasteiger partial charge >= 0.3 is 0 Å². The summed E-state index contributed by atoms with van der Waals surface area (Å²) in [6.45, 7) is 2.74. The molecule has 2 atom stereocenters. The molecule has 0 aliphatic heterocycles. The molecule has 0 aliphatic carbocycles. The molecule has 94 valence electrons. The van der Waals surface area contributed by atoms with Gasteiger partial charge < -0.3 is 11.1 Å². The van der Waals surface area contributed by atoms with Crippen LogP contribution in [-0.4, -0.2) is 32.2 Å². The van der Waals surface area contributed by atoms with Crippen molar-refractivity contribution in [2.45, 2.75) is 18.6 Å². The van der Waals surface area contributed by atoms with E-state index < -0.39 is 10.8 Å². The van der Waals surface area contributed by atoms with Gasteiger partial charge in [0.25, 0.3) is 0 Å². The second-order valence-electron chi connectivity index (χ2n) is 3.82. The summed E-state index contributed by atoms with van der Waals surface area (Å²) in [5.74, 6) is 0. The molecular weight excluding hydrogens is 254 g/mol. The number of thiocarbonyl (C=S) groups is 1. The molecule has 6 heteroatoms. The Morgan fingerprint density at radius 1 is 1.71 bits per heavy atom. The minimum Gasteiger partial charge on any atom is -0.388 e. The second kappa shape index (κ2) is 6.66. The van der Waals surface area contributed by atoms with Crippen LogP contribution >= 0.6 is 12.2 Å². The van der Waals surface area contributed by atoms with Crippen LogP contribution in [0, 0.1) is 0 Å². The summed E-state index contributed by atoms with van der Waals surface area (Å²) in [4.78, 5) is 4.34. The van der Waals surface area contributed by atoms with Crippen molar-refractivity contribution in [1.82, 2.24) is 4.98 Å². The lowest BCUT2D eigenvalue weighted by Crippen LogP contribution is -2.15. The van der Waals surface area contributed by atoms with E-state index in [0.29, 0.717) is 5.69 Å². The minimum absolute atomic E-state index is 0.194. The molecule has 0 radical (unpaired) electrons. The van der Waals surface area contributed by atoms with Gasteiger partial charge in [-0.3, -0.25) is 9.19 Å². The van der Waals surface area contributed by atoms with Crippen molar-refractivity contribution < 1.29 is 4.21 Å². The van der Waals surface area contributed by atoms with E-state index >= 15 is 0 Å². The first kappa shape index (κ1) is 14.1. The Labute approximate surface area is 109 Å². The van der Waals surface area contributed by atoms with Gasteiger partial charge in [0, 0.05) is 40.7 Å². The number of nitrogens with zero attached hydrogens (tertiary/aromatic N) is 1. The summed E-state index contributed by atoms with van der Waals surface area (Å²) in [5.41, 5.74) is 7.04. The maximum Gasteiger partial charge on any atom is 0.122 e. The van der Waals surface area contributed by atoms with Crippen LogP contribution in [0.3, 0.4) is 0 Å². The van der Waals surface area contributed by atoms with Crippen molar-refractivity contribution in [3.63, 3.8) is 0 Å². The zero-order chi connectivity index (χ0) is 12.8. The van der Waals surface area contributed by atoms with Crippen LogP contribution in [0.5, 0.6) is 0 Å². The largest absolute Gasteiger partial charge is 0.388 e. The molecule has 3 N–H and O–H groups in total. The third-order valence-corrected chi connectivity index (χ3v) is 4.04. The van der Waals surface area contributed by atoms with Gasteiger partial charge in [0.05, 0.1) is 5.69 Å². The molecule has 0 amide bonds. The van der Waals surface area contributed by atoms with Crippen molar-refractivity contribution in [3.8, 4) is 0 Å². The second-order valence-corrected chi connectivity index (χ2v) is 6.06.